The highest BCUT2D eigenvalue weighted by molar-refractivity contribution is 9.10. The molecule has 60 valence electrons. The molecule has 0 radical (unpaired) electrons. The fraction of sp³-hybridized carbons (Fsp3) is 0.286. The molecule has 0 aliphatic rings. The number of aliphatic hydroxyl groups is 1. The van der Waals surface area contributed by atoms with E-state index in [1.54, 1.807) is 18.2 Å². The molecule has 0 saturated carbocycles. The van der Waals surface area contributed by atoms with Crippen molar-refractivity contribution in [1.29, 1.82) is 0 Å². The molecule has 0 aromatic carbocycles. The van der Waals surface area contributed by atoms with Crippen molar-refractivity contribution >= 4 is 15.9 Å². The summed E-state index contributed by atoms with van der Waals surface area (Å²) in [5.41, 5.74) is 0.502. The van der Waals surface area contributed by atoms with Crippen molar-refractivity contribution < 1.29 is 9.84 Å². The van der Waals surface area contributed by atoms with Gasteiger partial charge in [0.25, 0.3) is 0 Å². The Kier molecular flexibility index (Phi) is 2.99. The average molecular weight is 218 g/mol. The Balaban J connectivity index is 2.86. The van der Waals surface area contributed by atoms with Crippen LogP contribution in [0.25, 0.3) is 0 Å². The maximum atomic E-state index is 9.15. The Morgan fingerprint density at radius 3 is 2.91 bits per heavy atom. The van der Waals surface area contributed by atoms with E-state index in [9.17, 15) is 0 Å². The Bertz CT molecular complexity index is 242. The molecule has 0 fully saturated rings. The summed E-state index contributed by atoms with van der Waals surface area (Å²) in [6.07, 6.45) is -0.938. The highest BCUT2D eigenvalue weighted by Crippen LogP contribution is 2.13. The summed E-state index contributed by atoms with van der Waals surface area (Å²) in [5, 5.41) is 9.15. The molecular weight excluding hydrogens is 210 g/mol. The fourth-order valence-corrected chi connectivity index (χ4v) is 1.04. The number of aliphatic hydroxyl groups excluding tert-OH is 1. The Morgan fingerprint density at radius 1 is 1.64 bits per heavy atom. The molecular formula is C7H8BrNO2. The van der Waals surface area contributed by atoms with Crippen LogP contribution in [0.2, 0.25) is 0 Å². The minimum absolute atomic E-state index is 0.502. The third-order valence-electron chi connectivity index (χ3n) is 1.21. The van der Waals surface area contributed by atoms with Crippen LogP contribution < -0.4 is 0 Å². The number of nitrogens with zero attached hydrogens (tertiary/aromatic N) is 1. The molecule has 1 atom stereocenters. The van der Waals surface area contributed by atoms with E-state index in [1.807, 2.05) is 0 Å². The molecule has 11 heavy (non-hydrogen) atoms. The lowest BCUT2D eigenvalue weighted by molar-refractivity contribution is -0.0799. The van der Waals surface area contributed by atoms with E-state index in [0.29, 0.717) is 10.3 Å². The van der Waals surface area contributed by atoms with Gasteiger partial charge < -0.3 is 9.84 Å². The Morgan fingerprint density at radius 2 is 2.36 bits per heavy atom. The van der Waals surface area contributed by atoms with E-state index in [4.69, 9.17) is 5.11 Å². The number of hydrogen-bond donors (Lipinski definition) is 1. The van der Waals surface area contributed by atoms with Gasteiger partial charge in [0.1, 0.15) is 4.60 Å². The van der Waals surface area contributed by atoms with Gasteiger partial charge in [-0.3, -0.25) is 0 Å². The smallest absolute Gasteiger partial charge is 0.198 e. The van der Waals surface area contributed by atoms with Gasteiger partial charge in [-0.1, -0.05) is 6.07 Å². The lowest BCUT2D eigenvalue weighted by Crippen LogP contribution is -2.01. The summed E-state index contributed by atoms with van der Waals surface area (Å²) in [7, 11) is 1.42. The zero-order valence-electron chi connectivity index (χ0n) is 5.99. The molecule has 0 spiro atoms. The van der Waals surface area contributed by atoms with Crippen LogP contribution in [0, 0.1) is 0 Å². The van der Waals surface area contributed by atoms with Gasteiger partial charge in [0.2, 0.25) is 0 Å². The van der Waals surface area contributed by atoms with Crippen LogP contribution in [0.15, 0.2) is 22.8 Å². The summed E-state index contributed by atoms with van der Waals surface area (Å²) in [6.45, 7) is 0. The molecule has 1 N–H and O–H groups in total. The van der Waals surface area contributed by atoms with Crippen LogP contribution >= 0.6 is 15.9 Å². The van der Waals surface area contributed by atoms with E-state index in [2.05, 4.69) is 25.7 Å². The molecule has 0 amide bonds. The third-order valence-corrected chi connectivity index (χ3v) is 1.65. The second kappa shape index (κ2) is 3.80. The Hall–Kier alpha value is -0.450. The van der Waals surface area contributed by atoms with E-state index in [1.165, 1.54) is 7.11 Å². The van der Waals surface area contributed by atoms with Gasteiger partial charge in [-0.05, 0) is 28.1 Å². The van der Waals surface area contributed by atoms with Gasteiger partial charge >= 0.3 is 0 Å². The molecule has 1 aromatic rings. The molecule has 1 rings (SSSR count). The van der Waals surface area contributed by atoms with Crippen LogP contribution in [-0.4, -0.2) is 17.2 Å². The average Bonchev–Trinajstić information content (AvgIpc) is 2.03. The standard InChI is InChI=1S/C7H8BrNO2/c1-11-7(10)5-3-2-4-6(8)9-5/h2-4,7,10H,1H3. The summed E-state index contributed by atoms with van der Waals surface area (Å²) in [5.74, 6) is 0. The largest absolute Gasteiger partial charge is 0.363 e. The zero-order valence-corrected chi connectivity index (χ0v) is 7.58. The van der Waals surface area contributed by atoms with E-state index >= 15 is 0 Å². The molecule has 1 heterocycles. The number of methoxy groups -OCH3 is 1. The molecule has 0 saturated heterocycles. The van der Waals surface area contributed by atoms with Crippen LogP contribution in [0.5, 0.6) is 0 Å². The Labute approximate surface area is 73.2 Å². The van der Waals surface area contributed by atoms with Crippen molar-refractivity contribution in [3.63, 3.8) is 0 Å². The van der Waals surface area contributed by atoms with Crippen LogP contribution in [0.1, 0.15) is 12.0 Å². The summed E-state index contributed by atoms with van der Waals surface area (Å²) in [4.78, 5) is 3.99. The summed E-state index contributed by atoms with van der Waals surface area (Å²) >= 11 is 3.18. The van der Waals surface area contributed by atoms with Crippen molar-refractivity contribution in [2.45, 2.75) is 6.29 Å². The molecule has 4 heteroatoms. The number of aromatic nitrogens is 1. The van der Waals surface area contributed by atoms with Crippen molar-refractivity contribution in [1.82, 2.24) is 4.98 Å². The van der Waals surface area contributed by atoms with E-state index in [0.717, 1.165) is 0 Å². The van der Waals surface area contributed by atoms with Gasteiger partial charge in [-0.25, -0.2) is 4.98 Å². The van der Waals surface area contributed by atoms with Gasteiger partial charge in [-0.15, -0.1) is 0 Å². The van der Waals surface area contributed by atoms with Gasteiger partial charge in [-0.2, -0.15) is 0 Å². The highest BCUT2D eigenvalue weighted by Gasteiger charge is 2.05. The number of hydrogen-bond acceptors (Lipinski definition) is 3. The lowest BCUT2D eigenvalue weighted by atomic mass is 10.3. The van der Waals surface area contributed by atoms with E-state index in [-0.39, 0.29) is 0 Å². The third kappa shape index (κ3) is 2.25. The fourth-order valence-electron chi connectivity index (χ4n) is 0.682. The lowest BCUT2D eigenvalue weighted by Gasteiger charge is -2.06. The summed E-state index contributed by atoms with van der Waals surface area (Å²) in [6, 6.07) is 5.26. The van der Waals surface area contributed by atoms with Crippen molar-refractivity contribution in [2.24, 2.45) is 0 Å². The molecule has 0 aliphatic heterocycles. The molecule has 3 nitrogen and oxygen atoms in total. The first-order valence-electron chi connectivity index (χ1n) is 3.07. The topological polar surface area (TPSA) is 42.4 Å². The first-order chi connectivity index (χ1) is 5.24. The number of rotatable bonds is 2. The van der Waals surface area contributed by atoms with Crippen molar-refractivity contribution in [3.8, 4) is 0 Å². The monoisotopic (exact) mass is 217 g/mol. The molecule has 1 unspecified atom stereocenters. The van der Waals surface area contributed by atoms with Crippen LogP contribution in [-0.2, 0) is 4.74 Å². The quantitative estimate of drug-likeness (QED) is 0.603. The SMILES string of the molecule is COC(O)c1cccc(Br)n1. The zero-order chi connectivity index (χ0) is 8.27. The molecule has 0 aliphatic carbocycles. The molecule has 1 aromatic heterocycles. The first kappa shape index (κ1) is 8.64. The highest BCUT2D eigenvalue weighted by atomic mass is 79.9. The first-order valence-corrected chi connectivity index (χ1v) is 3.86. The number of pyridine rings is 1. The second-order valence-corrected chi connectivity index (χ2v) is 2.79. The van der Waals surface area contributed by atoms with Crippen LogP contribution in [0.4, 0.5) is 0 Å². The maximum absolute atomic E-state index is 9.15. The van der Waals surface area contributed by atoms with Crippen LogP contribution in [0.3, 0.4) is 0 Å². The van der Waals surface area contributed by atoms with Crippen molar-refractivity contribution in [2.75, 3.05) is 7.11 Å². The number of ether oxygens (including phenoxy) is 1. The van der Waals surface area contributed by atoms with Gasteiger partial charge in [0.05, 0.1) is 5.69 Å². The van der Waals surface area contributed by atoms with Gasteiger partial charge in [0.15, 0.2) is 6.29 Å². The predicted octanol–water partition coefficient (Wildman–Crippen LogP) is 1.48. The molecule has 0 bridgehead atoms. The van der Waals surface area contributed by atoms with Gasteiger partial charge in [0, 0.05) is 7.11 Å². The second-order valence-electron chi connectivity index (χ2n) is 1.97. The van der Waals surface area contributed by atoms with Crippen molar-refractivity contribution in [3.05, 3.63) is 28.5 Å². The number of halogens is 1. The summed E-state index contributed by atoms with van der Waals surface area (Å²) < 4.78 is 5.35. The normalized spacial score (nSPS) is 13.0. The minimum Gasteiger partial charge on any atom is -0.363 e. The van der Waals surface area contributed by atoms with E-state index < -0.39 is 6.29 Å². The maximum Gasteiger partial charge on any atom is 0.198 e. The predicted molar refractivity (Wildman–Crippen MR) is 43.9 cm³/mol. The minimum atomic E-state index is -0.938.